The molecule has 0 aliphatic heterocycles. The maximum atomic E-state index is 10.9. The molecule has 0 fully saturated rings. The van der Waals surface area contributed by atoms with E-state index in [4.69, 9.17) is 4.74 Å². The van der Waals surface area contributed by atoms with Crippen molar-refractivity contribution < 1.29 is 9.84 Å². The second-order valence-corrected chi connectivity index (χ2v) is 5.36. The van der Waals surface area contributed by atoms with Gasteiger partial charge in [-0.2, -0.15) is 0 Å². The molecule has 1 rings (SSSR count). The molecule has 1 N–H and O–H groups in total. The third-order valence-electron chi connectivity index (χ3n) is 3.46. The Balaban J connectivity index is 3.02. The van der Waals surface area contributed by atoms with Crippen molar-refractivity contribution in [1.82, 2.24) is 4.90 Å². The van der Waals surface area contributed by atoms with Crippen LogP contribution in [0.2, 0.25) is 0 Å². The predicted molar refractivity (Wildman–Crippen MR) is 74.9 cm³/mol. The van der Waals surface area contributed by atoms with Gasteiger partial charge < -0.3 is 14.7 Å². The Morgan fingerprint density at radius 1 is 1.33 bits per heavy atom. The molecule has 18 heavy (non-hydrogen) atoms. The van der Waals surface area contributed by atoms with E-state index < -0.39 is 5.60 Å². The molecule has 0 radical (unpaired) electrons. The van der Waals surface area contributed by atoms with Gasteiger partial charge in [0.05, 0.1) is 12.7 Å². The van der Waals surface area contributed by atoms with Gasteiger partial charge in [-0.15, -0.1) is 0 Å². The standard InChI is InChI=1S/C15H25NO2/c1-12(2)15(17,9-10-16(3)4)13-7-6-8-14(11-13)18-5/h6-8,11-12,17H,9-10H2,1-5H3. The topological polar surface area (TPSA) is 32.7 Å². The van der Waals surface area contributed by atoms with Crippen LogP contribution in [0.5, 0.6) is 5.75 Å². The molecule has 1 aromatic carbocycles. The molecular weight excluding hydrogens is 226 g/mol. The van der Waals surface area contributed by atoms with Crippen LogP contribution in [0.4, 0.5) is 0 Å². The van der Waals surface area contributed by atoms with Gasteiger partial charge in [0.25, 0.3) is 0 Å². The minimum atomic E-state index is -0.807. The highest BCUT2D eigenvalue weighted by atomic mass is 16.5. The Hall–Kier alpha value is -1.06. The minimum Gasteiger partial charge on any atom is -0.497 e. The van der Waals surface area contributed by atoms with E-state index in [1.54, 1.807) is 7.11 Å². The molecule has 3 heteroatoms. The van der Waals surface area contributed by atoms with Crippen LogP contribution >= 0.6 is 0 Å². The average Bonchev–Trinajstić information content (AvgIpc) is 2.35. The number of hydrogen-bond donors (Lipinski definition) is 1. The highest BCUT2D eigenvalue weighted by Crippen LogP contribution is 2.34. The highest BCUT2D eigenvalue weighted by Gasteiger charge is 2.33. The van der Waals surface area contributed by atoms with Crippen LogP contribution in [-0.4, -0.2) is 37.8 Å². The Morgan fingerprint density at radius 2 is 2.00 bits per heavy atom. The second-order valence-electron chi connectivity index (χ2n) is 5.36. The molecule has 0 aliphatic rings. The number of hydrogen-bond acceptors (Lipinski definition) is 3. The molecule has 1 atom stereocenters. The van der Waals surface area contributed by atoms with Crippen molar-refractivity contribution >= 4 is 0 Å². The SMILES string of the molecule is COc1cccc(C(O)(CCN(C)C)C(C)C)c1. The highest BCUT2D eigenvalue weighted by molar-refractivity contribution is 5.32. The van der Waals surface area contributed by atoms with E-state index in [9.17, 15) is 5.11 Å². The third-order valence-corrected chi connectivity index (χ3v) is 3.46. The summed E-state index contributed by atoms with van der Waals surface area (Å²) < 4.78 is 5.23. The Morgan fingerprint density at radius 3 is 2.50 bits per heavy atom. The van der Waals surface area contributed by atoms with Gasteiger partial charge >= 0.3 is 0 Å². The number of nitrogens with zero attached hydrogens (tertiary/aromatic N) is 1. The molecule has 0 saturated carbocycles. The van der Waals surface area contributed by atoms with Gasteiger partial charge in [0.15, 0.2) is 0 Å². The molecular formula is C15H25NO2. The summed E-state index contributed by atoms with van der Waals surface area (Å²) in [4.78, 5) is 2.09. The monoisotopic (exact) mass is 251 g/mol. The van der Waals surface area contributed by atoms with Crippen LogP contribution in [0.1, 0.15) is 25.8 Å². The zero-order chi connectivity index (χ0) is 13.8. The van der Waals surface area contributed by atoms with Crippen molar-refractivity contribution in [3.63, 3.8) is 0 Å². The quantitative estimate of drug-likeness (QED) is 0.843. The van der Waals surface area contributed by atoms with Gasteiger partial charge in [-0.3, -0.25) is 0 Å². The van der Waals surface area contributed by atoms with Gasteiger partial charge in [0.2, 0.25) is 0 Å². The number of ether oxygens (including phenoxy) is 1. The molecule has 0 heterocycles. The molecule has 102 valence electrons. The summed E-state index contributed by atoms with van der Waals surface area (Å²) in [6, 6.07) is 7.72. The van der Waals surface area contributed by atoms with E-state index in [0.717, 1.165) is 17.9 Å². The van der Waals surface area contributed by atoms with Crippen molar-refractivity contribution in [2.24, 2.45) is 5.92 Å². The molecule has 3 nitrogen and oxygen atoms in total. The summed E-state index contributed by atoms with van der Waals surface area (Å²) in [5.74, 6) is 0.945. The van der Waals surface area contributed by atoms with E-state index in [-0.39, 0.29) is 5.92 Å². The lowest BCUT2D eigenvalue weighted by molar-refractivity contribution is -0.0234. The Kier molecular flexibility index (Phi) is 5.17. The van der Waals surface area contributed by atoms with E-state index in [1.807, 2.05) is 38.4 Å². The first-order chi connectivity index (χ1) is 8.40. The first-order valence-corrected chi connectivity index (χ1v) is 6.41. The third kappa shape index (κ3) is 3.47. The van der Waals surface area contributed by atoms with Crippen LogP contribution in [0, 0.1) is 5.92 Å². The fourth-order valence-electron chi connectivity index (χ4n) is 2.05. The number of methoxy groups -OCH3 is 1. The average molecular weight is 251 g/mol. The van der Waals surface area contributed by atoms with Crippen LogP contribution in [0.25, 0.3) is 0 Å². The van der Waals surface area contributed by atoms with E-state index >= 15 is 0 Å². The minimum absolute atomic E-state index is 0.157. The van der Waals surface area contributed by atoms with Crippen molar-refractivity contribution in [1.29, 1.82) is 0 Å². The van der Waals surface area contributed by atoms with Crippen molar-refractivity contribution in [2.75, 3.05) is 27.7 Å². The van der Waals surface area contributed by atoms with Gasteiger partial charge in [0.1, 0.15) is 5.75 Å². The van der Waals surface area contributed by atoms with Gasteiger partial charge in [-0.25, -0.2) is 0 Å². The molecule has 1 unspecified atom stereocenters. The smallest absolute Gasteiger partial charge is 0.119 e. The van der Waals surface area contributed by atoms with E-state index in [2.05, 4.69) is 18.7 Å². The summed E-state index contributed by atoms with van der Waals surface area (Å²) >= 11 is 0. The van der Waals surface area contributed by atoms with Crippen molar-refractivity contribution in [3.8, 4) is 5.75 Å². The molecule has 0 aliphatic carbocycles. The fourth-order valence-corrected chi connectivity index (χ4v) is 2.05. The first kappa shape index (κ1) is 15.0. The van der Waals surface area contributed by atoms with Crippen LogP contribution in [0.3, 0.4) is 0 Å². The molecule has 0 saturated heterocycles. The molecule has 0 bridgehead atoms. The molecule has 0 spiro atoms. The summed E-state index contributed by atoms with van der Waals surface area (Å²) in [5.41, 5.74) is 0.123. The number of rotatable bonds is 6. The zero-order valence-corrected chi connectivity index (χ0v) is 12.1. The summed E-state index contributed by atoms with van der Waals surface area (Å²) in [7, 11) is 5.69. The Labute approximate surface area is 110 Å². The second kappa shape index (κ2) is 6.21. The predicted octanol–water partition coefficient (Wildman–Crippen LogP) is 2.49. The largest absolute Gasteiger partial charge is 0.497 e. The normalized spacial score (nSPS) is 14.9. The fraction of sp³-hybridized carbons (Fsp3) is 0.600. The molecule has 0 aromatic heterocycles. The van der Waals surface area contributed by atoms with Gasteiger partial charge in [-0.05, 0) is 44.1 Å². The summed E-state index contributed by atoms with van der Waals surface area (Å²) in [5, 5.41) is 10.9. The zero-order valence-electron chi connectivity index (χ0n) is 12.1. The Bertz CT molecular complexity index is 377. The first-order valence-electron chi connectivity index (χ1n) is 6.41. The molecule has 1 aromatic rings. The molecule has 0 amide bonds. The van der Waals surface area contributed by atoms with Gasteiger partial charge in [-0.1, -0.05) is 26.0 Å². The lowest BCUT2D eigenvalue weighted by atomic mass is 9.80. The maximum Gasteiger partial charge on any atom is 0.119 e. The van der Waals surface area contributed by atoms with E-state index in [1.165, 1.54) is 0 Å². The van der Waals surface area contributed by atoms with Gasteiger partial charge in [0, 0.05) is 6.54 Å². The lowest BCUT2D eigenvalue weighted by Crippen LogP contribution is -2.35. The summed E-state index contributed by atoms with van der Waals surface area (Å²) in [6.45, 7) is 4.95. The lowest BCUT2D eigenvalue weighted by Gasteiger charge is -2.34. The van der Waals surface area contributed by atoms with Crippen LogP contribution in [0.15, 0.2) is 24.3 Å². The number of aliphatic hydroxyl groups is 1. The number of benzene rings is 1. The van der Waals surface area contributed by atoms with Crippen molar-refractivity contribution in [2.45, 2.75) is 25.9 Å². The van der Waals surface area contributed by atoms with Crippen molar-refractivity contribution in [3.05, 3.63) is 29.8 Å². The summed E-state index contributed by atoms with van der Waals surface area (Å²) in [6.07, 6.45) is 0.713. The van der Waals surface area contributed by atoms with Crippen LogP contribution in [-0.2, 0) is 5.60 Å². The van der Waals surface area contributed by atoms with E-state index in [0.29, 0.717) is 6.42 Å². The maximum absolute atomic E-state index is 10.9. The van der Waals surface area contributed by atoms with Crippen LogP contribution < -0.4 is 4.74 Å².